The molecule has 0 aromatic heterocycles. The molecule has 0 bridgehead atoms. The second-order valence-electron chi connectivity index (χ2n) is 6.15. The predicted octanol–water partition coefficient (Wildman–Crippen LogP) is 3.39. The molecule has 1 fully saturated rings. The van der Waals surface area contributed by atoms with Gasteiger partial charge in [-0.3, -0.25) is 9.69 Å². The molecule has 1 amide bonds. The average Bonchev–Trinajstić information content (AvgIpc) is 2.65. The summed E-state index contributed by atoms with van der Waals surface area (Å²) in [6.45, 7) is 1.90. The van der Waals surface area contributed by atoms with E-state index in [1.807, 2.05) is 60.7 Å². The highest BCUT2D eigenvalue weighted by molar-refractivity contribution is 5.77. The van der Waals surface area contributed by atoms with Crippen LogP contribution in [0.3, 0.4) is 0 Å². The van der Waals surface area contributed by atoms with E-state index >= 15 is 0 Å². The van der Waals surface area contributed by atoms with Crippen molar-refractivity contribution in [3.63, 3.8) is 0 Å². The molecular formula is C20H21NO4. The van der Waals surface area contributed by atoms with Crippen LogP contribution < -0.4 is 0 Å². The summed E-state index contributed by atoms with van der Waals surface area (Å²) < 4.78 is 10.5. The van der Waals surface area contributed by atoms with Crippen LogP contribution >= 0.6 is 0 Å². The summed E-state index contributed by atoms with van der Waals surface area (Å²) in [7, 11) is 0. The molecule has 1 aliphatic heterocycles. The Hall–Kier alpha value is -2.82. The Kier molecular flexibility index (Phi) is 5.33. The number of ether oxygens (including phenoxy) is 2. The van der Waals surface area contributed by atoms with E-state index in [0.717, 1.165) is 11.1 Å². The van der Waals surface area contributed by atoms with Gasteiger partial charge in [-0.1, -0.05) is 60.7 Å². The van der Waals surface area contributed by atoms with Gasteiger partial charge in [0, 0.05) is 0 Å². The first-order valence-electron chi connectivity index (χ1n) is 8.33. The highest BCUT2D eigenvalue weighted by Crippen LogP contribution is 2.23. The van der Waals surface area contributed by atoms with Gasteiger partial charge in [-0.2, -0.15) is 0 Å². The van der Waals surface area contributed by atoms with Crippen molar-refractivity contribution in [2.45, 2.75) is 26.0 Å². The summed E-state index contributed by atoms with van der Waals surface area (Å²) in [5.74, 6) is -0.689. The molecule has 0 N–H and O–H groups in total. The Morgan fingerprint density at radius 3 is 2.32 bits per heavy atom. The number of benzene rings is 2. The van der Waals surface area contributed by atoms with Gasteiger partial charge in [0.1, 0.15) is 6.61 Å². The van der Waals surface area contributed by atoms with Crippen molar-refractivity contribution >= 4 is 12.1 Å². The van der Waals surface area contributed by atoms with Crippen LogP contribution in [0, 0.1) is 5.92 Å². The van der Waals surface area contributed by atoms with E-state index in [9.17, 15) is 9.59 Å². The molecule has 130 valence electrons. The maximum absolute atomic E-state index is 12.5. The predicted molar refractivity (Wildman–Crippen MR) is 92.5 cm³/mol. The summed E-state index contributed by atoms with van der Waals surface area (Å²) in [5.41, 5.74) is 1.98. The fraction of sp³-hybridized carbons (Fsp3) is 0.300. The van der Waals surface area contributed by atoms with Gasteiger partial charge in [-0.25, -0.2) is 4.79 Å². The molecule has 0 spiro atoms. The molecule has 1 heterocycles. The second-order valence-corrected chi connectivity index (χ2v) is 6.15. The molecular weight excluding hydrogens is 318 g/mol. The first kappa shape index (κ1) is 17.0. The van der Waals surface area contributed by atoms with Gasteiger partial charge in [0.25, 0.3) is 0 Å². The molecule has 0 aliphatic carbocycles. The van der Waals surface area contributed by atoms with Crippen LogP contribution in [0.15, 0.2) is 60.7 Å². The highest BCUT2D eigenvalue weighted by atomic mass is 16.6. The topological polar surface area (TPSA) is 55.8 Å². The van der Waals surface area contributed by atoms with E-state index in [-0.39, 0.29) is 25.3 Å². The quantitative estimate of drug-likeness (QED) is 0.801. The first-order valence-corrected chi connectivity index (χ1v) is 8.33. The third kappa shape index (κ3) is 4.18. The minimum absolute atomic E-state index is 0.0751. The van der Waals surface area contributed by atoms with Crippen LogP contribution in [0.5, 0.6) is 0 Å². The maximum atomic E-state index is 12.5. The van der Waals surface area contributed by atoms with Gasteiger partial charge in [-0.15, -0.1) is 0 Å². The minimum Gasteiger partial charge on any atom is -0.444 e. The lowest BCUT2D eigenvalue weighted by Gasteiger charge is -2.37. The van der Waals surface area contributed by atoms with E-state index in [4.69, 9.17) is 9.47 Å². The van der Waals surface area contributed by atoms with Crippen LogP contribution in [-0.2, 0) is 27.3 Å². The van der Waals surface area contributed by atoms with Crippen molar-refractivity contribution in [3.05, 3.63) is 71.8 Å². The first-order chi connectivity index (χ1) is 12.1. The molecule has 2 aromatic carbocycles. The number of esters is 1. The molecule has 0 saturated carbocycles. The summed E-state index contributed by atoms with van der Waals surface area (Å²) in [4.78, 5) is 26.0. The lowest BCUT2D eigenvalue weighted by Crippen LogP contribution is -2.53. The molecule has 25 heavy (non-hydrogen) atoms. The SMILES string of the molecule is C[C@@H]1C(=O)OCN(C(=O)OCc2ccccc2)[C@H]1Cc1ccccc1. The Bertz CT molecular complexity index is 717. The number of hydrogen-bond donors (Lipinski definition) is 0. The van der Waals surface area contributed by atoms with Gasteiger partial charge in [0.2, 0.25) is 0 Å². The van der Waals surface area contributed by atoms with Crippen LogP contribution in [0.2, 0.25) is 0 Å². The second kappa shape index (κ2) is 7.83. The van der Waals surface area contributed by atoms with E-state index in [0.29, 0.717) is 6.42 Å². The van der Waals surface area contributed by atoms with Crippen molar-refractivity contribution in [3.8, 4) is 0 Å². The van der Waals surface area contributed by atoms with Gasteiger partial charge in [-0.05, 0) is 24.5 Å². The molecule has 2 aromatic rings. The molecule has 5 nitrogen and oxygen atoms in total. The summed E-state index contributed by atoms with van der Waals surface area (Å²) in [5, 5.41) is 0. The standard InChI is InChI=1S/C20H21NO4/c1-15-18(12-16-8-4-2-5-9-16)21(14-25-19(15)22)20(23)24-13-17-10-6-3-7-11-17/h2-11,15,18H,12-14H2,1H3/t15-,18-/m0/s1. The minimum atomic E-state index is -0.468. The summed E-state index contributed by atoms with van der Waals surface area (Å²) in [6.07, 6.45) is 0.113. The summed E-state index contributed by atoms with van der Waals surface area (Å²) >= 11 is 0. The number of hydrogen-bond acceptors (Lipinski definition) is 4. The average molecular weight is 339 g/mol. The fourth-order valence-electron chi connectivity index (χ4n) is 2.92. The van der Waals surface area contributed by atoms with E-state index < -0.39 is 12.0 Å². The third-order valence-electron chi connectivity index (χ3n) is 4.42. The zero-order valence-electron chi connectivity index (χ0n) is 14.1. The number of nitrogens with zero attached hydrogens (tertiary/aromatic N) is 1. The largest absolute Gasteiger partial charge is 0.444 e. The molecule has 3 rings (SSSR count). The van der Waals surface area contributed by atoms with Crippen molar-refractivity contribution < 1.29 is 19.1 Å². The Morgan fingerprint density at radius 2 is 1.68 bits per heavy atom. The van der Waals surface area contributed by atoms with Gasteiger partial charge >= 0.3 is 12.1 Å². The van der Waals surface area contributed by atoms with Crippen molar-refractivity contribution in [1.82, 2.24) is 4.90 Å². The normalized spacial score (nSPS) is 20.0. The van der Waals surface area contributed by atoms with Crippen LogP contribution in [0.4, 0.5) is 4.79 Å². The number of carbonyl (C=O) groups is 2. The lowest BCUT2D eigenvalue weighted by atomic mass is 9.93. The van der Waals surface area contributed by atoms with E-state index in [1.54, 1.807) is 6.92 Å². The Labute approximate surface area is 147 Å². The smallest absolute Gasteiger partial charge is 0.413 e. The van der Waals surface area contributed by atoms with E-state index in [2.05, 4.69) is 0 Å². The van der Waals surface area contributed by atoms with Gasteiger partial charge < -0.3 is 9.47 Å². The van der Waals surface area contributed by atoms with Crippen molar-refractivity contribution in [2.75, 3.05) is 6.73 Å². The molecule has 0 unspecified atom stereocenters. The monoisotopic (exact) mass is 339 g/mol. The lowest BCUT2D eigenvalue weighted by molar-refractivity contribution is -0.165. The zero-order chi connectivity index (χ0) is 17.6. The number of carbonyl (C=O) groups excluding carboxylic acids is 2. The van der Waals surface area contributed by atoms with Gasteiger partial charge in [0.15, 0.2) is 6.73 Å². The maximum Gasteiger partial charge on any atom is 0.413 e. The molecule has 1 aliphatic rings. The third-order valence-corrected chi connectivity index (χ3v) is 4.42. The van der Waals surface area contributed by atoms with Crippen molar-refractivity contribution in [1.29, 1.82) is 0 Å². The number of cyclic esters (lactones) is 1. The Morgan fingerprint density at radius 1 is 1.08 bits per heavy atom. The molecule has 5 heteroatoms. The molecule has 1 saturated heterocycles. The highest BCUT2D eigenvalue weighted by Gasteiger charge is 2.39. The van der Waals surface area contributed by atoms with Crippen LogP contribution in [0.1, 0.15) is 18.1 Å². The molecule has 0 radical (unpaired) electrons. The fourth-order valence-corrected chi connectivity index (χ4v) is 2.92. The Balaban J connectivity index is 1.70. The van der Waals surface area contributed by atoms with Crippen LogP contribution in [-0.4, -0.2) is 29.7 Å². The van der Waals surface area contributed by atoms with E-state index in [1.165, 1.54) is 4.90 Å². The molecule has 2 atom stereocenters. The number of amides is 1. The number of rotatable bonds is 4. The van der Waals surface area contributed by atoms with Crippen LogP contribution in [0.25, 0.3) is 0 Å². The zero-order valence-corrected chi connectivity index (χ0v) is 14.1. The van der Waals surface area contributed by atoms with Crippen molar-refractivity contribution in [2.24, 2.45) is 5.92 Å². The summed E-state index contributed by atoms with van der Waals surface area (Å²) in [6, 6.07) is 19.0. The van der Waals surface area contributed by atoms with Gasteiger partial charge in [0.05, 0.1) is 12.0 Å².